The fraction of sp³-hybridized carbons (Fsp3) is 0.500. The van der Waals surface area contributed by atoms with Crippen LogP contribution in [0.2, 0.25) is 0 Å². The standard InChI is InChI=1S/C16H22N2O2S/c1-13-9-10-14(6-5-11-17)12-16(13)21(19,20)18(2)15-7-3-4-8-15/h9-10,12,15H,3-4,7-8,11,17H2,1-2H3. The Labute approximate surface area is 127 Å². The van der Waals surface area contributed by atoms with E-state index in [1.807, 2.05) is 13.0 Å². The molecule has 21 heavy (non-hydrogen) atoms. The average molecular weight is 306 g/mol. The van der Waals surface area contributed by atoms with Gasteiger partial charge in [0, 0.05) is 18.7 Å². The minimum atomic E-state index is -3.47. The predicted molar refractivity (Wildman–Crippen MR) is 84.3 cm³/mol. The minimum absolute atomic E-state index is 0.119. The number of rotatable bonds is 3. The first kappa shape index (κ1) is 16.0. The van der Waals surface area contributed by atoms with Crippen molar-refractivity contribution in [2.75, 3.05) is 13.6 Å². The highest BCUT2D eigenvalue weighted by Crippen LogP contribution is 2.28. The molecule has 0 atom stereocenters. The Morgan fingerprint density at radius 2 is 2.00 bits per heavy atom. The second-order valence-electron chi connectivity index (χ2n) is 5.45. The zero-order valence-corrected chi connectivity index (χ0v) is 13.4. The van der Waals surface area contributed by atoms with Crippen LogP contribution < -0.4 is 5.73 Å². The molecule has 114 valence electrons. The van der Waals surface area contributed by atoms with Crippen molar-refractivity contribution in [1.82, 2.24) is 4.31 Å². The van der Waals surface area contributed by atoms with Crippen molar-refractivity contribution < 1.29 is 8.42 Å². The molecule has 0 saturated heterocycles. The summed E-state index contributed by atoms with van der Waals surface area (Å²) in [7, 11) is -1.78. The van der Waals surface area contributed by atoms with Gasteiger partial charge in [0.25, 0.3) is 0 Å². The third kappa shape index (κ3) is 3.46. The van der Waals surface area contributed by atoms with Crippen molar-refractivity contribution in [1.29, 1.82) is 0 Å². The first-order valence-electron chi connectivity index (χ1n) is 7.24. The van der Waals surface area contributed by atoms with Crippen LogP contribution in [-0.4, -0.2) is 32.4 Å². The first-order chi connectivity index (χ1) is 9.96. The largest absolute Gasteiger partial charge is 0.320 e. The van der Waals surface area contributed by atoms with E-state index in [9.17, 15) is 8.42 Å². The van der Waals surface area contributed by atoms with Crippen molar-refractivity contribution in [3.05, 3.63) is 29.3 Å². The summed E-state index contributed by atoms with van der Waals surface area (Å²) in [5.74, 6) is 5.65. The van der Waals surface area contributed by atoms with Gasteiger partial charge in [0.1, 0.15) is 0 Å². The molecule has 1 aliphatic carbocycles. The molecular formula is C16H22N2O2S. The summed E-state index contributed by atoms with van der Waals surface area (Å²) in [4.78, 5) is 0.348. The van der Waals surface area contributed by atoms with E-state index >= 15 is 0 Å². The van der Waals surface area contributed by atoms with Gasteiger partial charge in [-0.25, -0.2) is 8.42 Å². The van der Waals surface area contributed by atoms with E-state index in [0.29, 0.717) is 10.5 Å². The van der Waals surface area contributed by atoms with E-state index in [4.69, 9.17) is 5.73 Å². The van der Waals surface area contributed by atoms with Gasteiger partial charge in [-0.15, -0.1) is 0 Å². The fourth-order valence-corrected chi connectivity index (χ4v) is 4.39. The highest BCUT2D eigenvalue weighted by molar-refractivity contribution is 7.89. The summed E-state index contributed by atoms with van der Waals surface area (Å²) in [6, 6.07) is 5.40. The molecule has 1 aliphatic rings. The zero-order chi connectivity index (χ0) is 15.5. The highest BCUT2D eigenvalue weighted by atomic mass is 32.2. The second-order valence-corrected chi connectivity index (χ2v) is 7.41. The molecule has 2 N–H and O–H groups in total. The lowest BCUT2D eigenvalue weighted by atomic mass is 10.1. The molecule has 0 radical (unpaired) electrons. The third-order valence-electron chi connectivity index (χ3n) is 4.02. The number of sulfonamides is 1. The van der Waals surface area contributed by atoms with Crippen LogP contribution in [-0.2, 0) is 10.0 Å². The molecule has 0 bridgehead atoms. The molecule has 0 heterocycles. The highest BCUT2D eigenvalue weighted by Gasteiger charge is 2.30. The number of nitrogens with zero attached hydrogens (tertiary/aromatic N) is 1. The number of aryl methyl sites for hydroxylation is 1. The summed E-state index contributed by atoms with van der Waals surface area (Å²) < 4.78 is 27.2. The van der Waals surface area contributed by atoms with Gasteiger partial charge in [-0.1, -0.05) is 30.7 Å². The normalized spacial score (nSPS) is 16.0. The Balaban J connectivity index is 2.38. The molecular weight excluding hydrogens is 284 g/mol. The maximum atomic E-state index is 12.8. The molecule has 1 aromatic rings. The van der Waals surface area contributed by atoms with Crippen molar-refractivity contribution in [2.24, 2.45) is 5.73 Å². The van der Waals surface area contributed by atoms with Gasteiger partial charge in [0.05, 0.1) is 11.4 Å². The van der Waals surface area contributed by atoms with Crippen LogP contribution in [0.4, 0.5) is 0 Å². The van der Waals surface area contributed by atoms with Crippen LogP contribution >= 0.6 is 0 Å². The lowest BCUT2D eigenvalue weighted by Crippen LogP contribution is -2.35. The Morgan fingerprint density at radius 3 is 2.62 bits per heavy atom. The maximum Gasteiger partial charge on any atom is 0.243 e. The molecule has 0 aromatic heterocycles. The van der Waals surface area contributed by atoms with Crippen LogP contribution in [0, 0.1) is 18.8 Å². The maximum absolute atomic E-state index is 12.8. The molecule has 1 saturated carbocycles. The quantitative estimate of drug-likeness (QED) is 0.867. The van der Waals surface area contributed by atoms with E-state index in [1.165, 1.54) is 4.31 Å². The topological polar surface area (TPSA) is 63.4 Å². The molecule has 1 aromatic carbocycles. The molecule has 5 heteroatoms. The smallest absolute Gasteiger partial charge is 0.243 e. The summed E-state index contributed by atoms with van der Waals surface area (Å²) in [6.45, 7) is 2.08. The van der Waals surface area contributed by atoms with Crippen molar-refractivity contribution >= 4 is 10.0 Å². The number of benzene rings is 1. The lowest BCUT2D eigenvalue weighted by molar-refractivity contribution is 0.373. The third-order valence-corrected chi connectivity index (χ3v) is 6.07. The van der Waals surface area contributed by atoms with E-state index in [-0.39, 0.29) is 12.6 Å². The van der Waals surface area contributed by atoms with Crippen LogP contribution in [0.1, 0.15) is 36.8 Å². The molecule has 0 amide bonds. The van der Waals surface area contributed by atoms with Gasteiger partial charge in [-0.3, -0.25) is 0 Å². The van der Waals surface area contributed by atoms with Crippen LogP contribution in [0.5, 0.6) is 0 Å². The van der Waals surface area contributed by atoms with E-state index < -0.39 is 10.0 Å². The molecule has 0 spiro atoms. The van der Waals surface area contributed by atoms with E-state index in [2.05, 4.69) is 11.8 Å². The second kappa shape index (κ2) is 6.61. The molecule has 0 aliphatic heterocycles. The predicted octanol–water partition coefficient (Wildman–Crippen LogP) is 1.87. The van der Waals surface area contributed by atoms with E-state index in [0.717, 1.165) is 31.2 Å². The van der Waals surface area contributed by atoms with Crippen LogP contribution in [0.25, 0.3) is 0 Å². The van der Waals surface area contributed by atoms with Crippen LogP contribution in [0.15, 0.2) is 23.1 Å². The van der Waals surface area contributed by atoms with Gasteiger partial charge in [0.2, 0.25) is 10.0 Å². The van der Waals surface area contributed by atoms with Crippen LogP contribution in [0.3, 0.4) is 0 Å². The summed E-state index contributed by atoms with van der Waals surface area (Å²) >= 11 is 0. The number of nitrogens with two attached hydrogens (primary N) is 1. The monoisotopic (exact) mass is 306 g/mol. The lowest BCUT2D eigenvalue weighted by Gasteiger charge is -2.24. The van der Waals surface area contributed by atoms with Gasteiger partial charge in [-0.05, 0) is 37.5 Å². The Hall–Kier alpha value is -1.35. The SMILES string of the molecule is Cc1ccc(C#CCN)cc1S(=O)(=O)N(C)C1CCCC1. The Kier molecular flexibility index (Phi) is 5.04. The number of hydrogen-bond donors (Lipinski definition) is 1. The molecule has 1 fully saturated rings. The van der Waals surface area contributed by atoms with Crippen molar-refractivity contribution in [2.45, 2.75) is 43.5 Å². The summed E-state index contributed by atoms with van der Waals surface area (Å²) in [5, 5.41) is 0. The Bertz CT molecular complexity index is 665. The summed E-state index contributed by atoms with van der Waals surface area (Å²) in [5.41, 5.74) is 6.79. The van der Waals surface area contributed by atoms with Crippen molar-refractivity contribution in [3.63, 3.8) is 0 Å². The number of hydrogen-bond acceptors (Lipinski definition) is 3. The summed E-state index contributed by atoms with van der Waals surface area (Å²) in [6.07, 6.45) is 4.10. The van der Waals surface area contributed by atoms with Gasteiger partial charge in [-0.2, -0.15) is 4.31 Å². The molecule has 2 rings (SSSR count). The fourth-order valence-electron chi connectivity index (χ4n) is 2.73. The van der Waals surface area contributed by atoms with Crippen molar-refractivity contribution in [3.8, 4) is 11.8 Å². The minimum Gasteiger partial charge on any atom is -0.320 e. The first-order valence-corrected chi connectivity index (χ1v) is 8.68. The van der Waals surface area contributed by atoms with Gasteiger partial charge in [0.15, 0.2) is 0 Å². The van der Waals surface area contributed by atoms with Gasteiger partial charge < -0.3 is 5.73 Å². The zero-order valence-electron chi connectivity index (χ0n) is 12.6. The average Bonchev–Trinajstić information content (AvgIpc) is 2.99. The van der Waals surface area contributed by atoms with E-state index in [1.54, 1.807) is 19.2 Å². The van der Waals surface area contributed by atoms with Gasteiger partial charge >= 0.3 is 0 Å². The Morgan fingerprint density at radius 1 is 1.33 bits per heavy atom. The molecule has 0 unspecified atom stereocenters. The molecule has 4 nitrogen and oxygen atoms in total.